The topological polar surface area (TPSA) is 108 Å². The van der Waals surface area contributed by atoms with Gasteiger partial charge in [-0.25, -0.2) is 0 Å². The summed E-state index contributed by atoms with van der Waals surface area (Å²) in [6.45, 7) is 7.93. The lowest BCUT2D eigenvalue weighted by atomic mass is 9.81. The fourth-order valence-electron chi connectivity index (χ4n) is 5.04. The van der Waals surface area contributed by atoms with E-state index >= 15 is 0 Å². The van der Waals surface area contributed by atoms with Crippen molar-refractivity contribution in [2.75, 3.05) is 92.5 Å². The largest absolute Gasteiger partial charge is 0.464 e. The summed E-state index contributed by atoms with van der Waals surface area (Å²) in [6.07, 6.45) is 3.19. The monoisotopic (exact) mass is 616 g/mol. The lowest BCUT2D eigenvalue weighted by Gasteiger charge is -2.28. The summed E-state index contributed by atoms with van der Waals surface area (Å²) < 4.78 is 46.0. The van der Waals surface area contributed by atoms with Gasteiger partial charge < -0.3 is 37.9 Å². The molecule has 0 bridgehead atoms. The fourth-order valence-corrected chi connectivity index (χ4v) is 5.04. The maximum absolute atomic E-state index is 13.9. The zero-order valence-corrected chi connectivity index (χ0v) is 26.0. The smallest absolute Gasteiger partial charge is 0.327 e. The molecule has 0 atom stereocenters. The second kappa shape index (κ2) is 19.0. The van der Waals surface area contributed by atoms with E-state index in [0.717, 1.165) is 36.5 Å². The van der Waals surface area contributed by atoms with Gasteiger partial charge in [0.25, 0.3) is 0 Å². The molecule has 2 aliphatic rings. The summed E-state index contributed by atoms with van der Waals surface area (Å²) in [5, 5.41) is 1.91. The number of hydrogen-bond acceptors (Lipinski definition) is 10. The van der Waals surface area contributed by atoms with Gasteiger partial charge in [0.1, 0.15) is 0 Å². The summed E-state index contributed by atoms with van der Waals surface area (Å²) in [5.74, 6) is -1.70. The molecule has 2 saturated heterocycles. The minimum absolute atomic E-state index is 0.0554. The maximum Gasteiger partial charge on any atom is 0.327 e. The molecule has 2 fully saturated rings. The molecule has 0 radical (unpaired) electrons. The van der Waals surface area contributed by atoms with Crippen molar-refractivity contribution >= 4 is 22.7 Å². The second-order valence-electron chi connectivity index (χ2n) is 11.6. The number of fused-ring (bicyclic) bond motifs is 1. The van der Waals surface area contributed by atoms with E-state index in [9.17, 15) is 9.59 Å². The molecule has 4 rings (SSSR count). The van der Waals surface area contributed by atoms with Crippen molar-refractivity contribution < 1.29 is 47.5 Å². The molecule has 0 unspecified atom stereocenters. The summed E-state index contributed by atoms with van der Waals surface area (Å²) in [4.78, 5) is 27.8. The Hall–Kier alpha value is -2.60. The first-order valence-electron chi connectivity index (χ1n) is 15.9. The number of carbonyl (C=O) groups excluding carboxylic acids is 2. The zero-order valence-electron chi connectivity index (χ0n) is 26.0. The van der Waals surface area contributed by atoms with Gasteiger partial charge in [0, 0.05) is 64.7 Å². The van der Waals surface area contributed by atoms with Crippen LogP contribution < -0.4 is 0 Å². The van der Waals surface area contributed by atoms with Crippen LogP contribution >= 0.6 is 0 Å². The van der Waals surface area contributed by atoms with E-state index in [-0.39, 0.29) is 25.0 Å². The summed E-state index contributed by atoms with van der Waals surface area (Å²) in [7, 11) is 0. The fraction of sp³-hybridized carbons (Fsp3) is 0.647. The van der Waals surface area contributed by atoms with Crippen molar-refractivity contribution in [2.24, 2.45) is 11.8 Å². The molecule has 44 heavy (non-hydrogen) atoms. The van der Waals surface area contributed by atoms with E-state index in [1.807, 2.05) is 36.4 Å². The van der Waals surface area contributed by atoms with Crippen LogP contribution in [-0.4, -0.2) is 104 Å². The minimum atomic E-state index is -1.70. The SMILES string of the molecule is CC(C(=O)OCC1COCCCOCCCOC1)(C(=O)OCC1COCCCOCCCOC1)c1ccc2ccccc2c1. The van der Waals surface area contributed by atoms with E-state index in [2.05, 4.69) is 0 Å². The zero-order chi connectivity index (χ0) is 30.9. The lowest BCUT2D eigenvalue weighted by molar-refractivity contribution is -0.167. The van der Waals surface area contributed by atoms with Gasteiger partial charge in [-0.05, 0) is 55.0 Å². The Bertz CT molecular complexity index is 1070. The third-order valence-electron chi connectivity index (χ3n) is 7.77. The molecule has 2 aromatic carbocycles. The second-order valence-corrected chi connectivity index (χ2v) is 11.6. The van der Waals surface area contributed by atoms with Crippen LogP contribution in [0.3, 0.4) is 0 Å². The van der Waals surface area contributed by atoms with Crippen LogP contribution in [0.2, 0.25) is 0 Å². The first-order valence-corrected chi connectivity index (χ1v) is 15.9. The van der Waals surface area contributed by atoms with Crippen molar-refractivity contribution in [1.29, 1.82) is 0 Å². The van der Waals surface area contributed by atoms with Crippen LogP contribution in [-0.2, 0) is 52.9 Å². The van der Waals surface area contributed by atoms with Gasteiger partial charge in [-0.3, -0.25) is 9.59 Å². The van der Waals surface area contributed by atoms with Crippen molar-refractivity contribution in [1.82, 2.24) is 0 Å². The molecule has 10 nitrogen and oxygen atoms in total. The Labute approximate surface area is 260 Å². The molecule has 0 N–H and O–H groups in total. The average Bonchev–Trinajstić information content (AvgIpc) is 3.03. The highest BCUT2D eigenvalue weighted by molar-refractivity contribution is 6.06. The van der Waals surface area contributed by atoms with E-state index in [0.29, 0.717) is 84.8 Å². The lowest BCUT2D eigenvalue weighted by Crippen LogP contribution is -2.45. The molecule has 0 saturated carbocycles. The average molecular weight is 617 g/mol. The van der Waals surface area contributed by atoms with Gasteiger partial charge in [-0.2, -0.15) is 0 Å². The molecule has 2 aromatic rings. The van der Waals surface area contributed by atoms with Gasteiger partial charge >= 0.3 is 11.9 Å². The van der Waals surface area contributed by atoms with Crippen molar-refractivity contribution in [3.05, 3.63) is 48.0 Å². The van der Waals surface area contributed by atoms with Crippen molar-refractivity contribution in [3.8, 4) is 0 Å². The molecule has 2 aliphatic heterocycles. The molecule has 0 aliphatic carbocycles. The normalized spacial score (nSPS) is 19.9. The predicted molar refractivity (Wildman–Crippen MR) is 164 cm³/mol. The quantitative estimate of drug-likeness (QED) is 0.333. The molecule has 0 amide bonds. The highest BCUT2D eigenvalue weighted by atomic mass is 16.6. The van der Waals surface area contributed by atoms with E-state index in [4.69, 9.17) is 37.9 Å². The number of hydrogen-bond donors (Lipinski definition) is 0. The molecular weight excluding hydrogens is 568 g/mol. The standard InChI is InChI=1S/C34H48O10/c1-34(31-11-10-29-8-2-3-9-30(29)20-31,32(35)43-25-27-21-39-16-4-12-37-13-5-17-40-22-27)33(36)44-26-28-23-41-18-6-14-38-15-7-19-42-24-28/h2-3,8-11,20,27-28H,4-7,12-19,21-26H2,1H3. The van der Waals surface area contributed by atoms with Crippen LogP contribution in [0.25, 0.3) is 10.8 Å². The van der Waals surface area contributed by atoms with Crippen LogP contribution in [0.1, 0.15) is 38.2 Å². The Morgan fingerprint density at radius 2 is 1.02 bits per heavy atom. The number of ether oxygens (including phenoxy) is 8. The Morgan fingerprint density at radius 1 is 0.614 bits per heavy atom. The highest BCUT2D eigenvalue weighted by Gasteiger charge is 2.47. The predicted octanol–water partition coefficient (Wildman–Crippen LogP) is 4.10. The van der Waals surface area contributed by atoms with Gasteiger partial charge in [0.05, 0.1) is 39.6 Å². The number of esters is 2. The Kier molecular flexibility index (Phi) is 14.8. The van der Waals surface area contributed by atoms with E-state index in [1.54, 1.807) is 13.0 Å². The maximum atomic E-state index is 13.9. The third kappa shape index (κ3) is 10.8. The minimum Gasteiger partial charge on any atom is -0.464 e. The van der Waals surface area contributed by atoms with Gasteiger partial charge in [-0.1, -0.05) is 36.4 Å². The number of carbonyl (C=O) groups is 2. The molecule has 0 spiro atoms. The highest BCUT2D eigenvalue weighted by Crippen LogP contribution is 2.31. The van der Waals surface area contributed by atoms with E-state index in [1.165, 1.54) is 0 Å². The van der Waals surface area contributed by atoms with Crippen LogP contribution in [0.4, 0.5) is 0 Å². The molecule has 2 heterocycles. The van der Waals surface area contributed by atoms with Gasteiger partial charge in [0.15, 0.2) is 5.41 Å². The Balaban J connectivity index is 1.46. The van der Waals surface area contributed by atoms with Gasteiger partial charge in [0.2, 0.25) is 0 Å². The number of rotatable bonds is 7. The van der Waals surface area contributed by atoms with Crippen molar-refractivity contribution in [3.63, 3.8) is 0 Å². The molecule has 10 heteroatoms. The first-order chi connectivity index (χ1) is 21.6. The van der Waals surface area contributed by atoms with Gasteiger partial charge in [-0.15, -0.1) is 0 Å². The van der Waals surface area contributed by atoms with Crippen molar-refractivity contribution in [2.45, 2.75) is 38.0 Å². The molecule has 0 aromatic heterocycles. The van der Waals surface area contributed by atoms with Crippen LogP contribution in [0.5, 0.6) is 0 Å². The summed E-state index contributed by atoms with van der Waals surface area (Å²) in [5.41, 5.74) is -1.19. The number of benzene rings is 2. The first kappa shape index (κ1) is 34.3. The molecule has 244 valence electrons. The van der Waals surface area contributed by atoms with Crippen LogP contribution in [0.15, 0.2) is 42.5 Å². The van der Waals surface area contributed by atoms with E-state index < -0.39 is 17.4 Å². The summed E-state index contributed by atoms with van der Waals surface area (Å²) in [6, 6.07) is 13.4. The third-order valence-corrected chi connectivity index (χ3v) is 7.77. The van der Waals surface area contributed by atoms with Crippen LogP contribution in [0, 0.1) is 11.8 Å². The molecular formula is C34H48O10. The Morgan fingerprint density at radius 3 is 1.48 bits per heavy atom. The summed E-state index contributed by atoms with van der Waals surface area (Å²) >= 11 is 0.